The van der Waals surface area contributed by atoms with Crippen molar-refractivity contribution in [1.29, 1.82) is 0 Å². The summed E-state index contributed by atoms with van der Waals surface area (Å²) in [6.07, 6.45) is 1.32. The first-order valence-corrected chi connectivity index (χ1v) is 6.81. The van der Waals surface area contributed by atoms with E-state index >= 15 is 0 Å². The summed E-state index contributed by atoms with van der Waals surface area (Å²) in [6.45, 7) is 6.76. The minimum Gasteiger partial charge on any atom is -0.395 e. The minimum absolute atomic E-state index is 0.176. The molecule has 0 aliphatic rings. The molecule has 1 rings (SSSR count). The molecule has 2 N–H and O–H groups in total. The Morgan fingerprint density at radius 3 is 2.28 bits per heavy atom. The molecule has 0 radical (unpaired) electrons. The third-order valence-corrected chi connectivity index (χ3v) is 3.35. The number of aliphatic hydroxyl groups excluding tert-OH is 2. The highest BCUT2D eigenvalue weighted by atomic mass is 16.3. The van der Waals surface area contributed by atoms with Crippen molar-refractivity contribution in [2.24, 2.45) is 0 Å². The van der Waals surface area contributed by atoms with Gasteiger partial charge >= 0.3 is 0 Å². The largest absolute Gasteiger partial charge is 0.395 e. The molecule has 0 amide bonds. The van der Waals surface area contributed by atoms with Gasteiger partial charge in [0.2, 0.25) is 0 Å². The summed E-state index contributed by atoms with van der Waals surface area (Å²) in [5.41, 5.74) is 2.27. The van der Waals surface area contributed by atoms with Gasteiger partial charge in [0.1, 0.15) is 0 Å². The van der Waals surface area contributed by atoms with Crippen LogP contribution in [0.5, 0.6) is 0 Å². The van der Waals surface area contributed by atoms with Crippen LogP contribution in [0.1, 0.15) is 37.5 Å². The Kier molecular flexibility index (Phi) is 6.94. The molecule has 0 fully saturated rings. The van der Waals surface area contributed by atoms with E-state index in [-0.39, 0.29) is 6.61 Å². The molecular formula is C15H25NO2. The van der Waals surface area contributed by atoms with Crippen LogP contribution in [0.3, 0.4) is 0 Å². The van der Waals surface area contributed by atoms with Crippen molar-refractivity contribution in [2.75, 3.05) is 26.2 Å². The highest BCUT2D eigenvalue weighted by Gasteiger charge is 2.09. The molecule has 1 aromatic carbocycles. The second kappa shape index (κ2) is 8.25. The number of hydrogen-bond acceptors (Lipinski definition) is 3. The summed E-state index contributed by atoms with van der Waals surface area (Å²) in [6, 6.07) is 8.16. The summed E-state index contributed by atoms with van der Waals surface area (Å²) >= 11 is 0. The number of benzene rings is 1. The molecule has 0 aliphatic carbocycles. The third-order valence-electron chi connectivity index (χ3n) is 3.35. The first-order valence-electron chi connectivity index (χ1n) is 6.81. The molecule has 0 bridgehead atoms. The SMILES string of the molecule is CCc1ccc(C(O)CCN(CC)CCO)cc1. The summed E-state index contributed by atoms with van der Waals surface area (Å²) in [7, 11) is 0. The predicted octanol–water partition coefficient (Wildman–Crippen LogP) is 1.99. The molecule has 3 nitrogen and oxygen atoms in total. The summed E-state index contributed by atoms with van der Waals surface area (Å²) in [5.74, 6) is 0. The van der Waals surface area contributed by atoms with Crippen LogP contribution in [0.4, 0.5) is 0 Å². The van der Waals surface area contributed by atoms with Crippen molar-refractivity contribution in [1.82, 2.24) is 4.90 Å². The fourth-order valence-electron chi connectivity index (χ4n) is 2.02. The Balaban J connectivity index is 2.45. The first-order chi connectivity index (χ1) is 8.71. The quantitative estimate of drug-likeness (QED) is 0.742. The monoisotopic (exact) mass is 251 g/mol. The third kappa shape index (κ3) is 4.77. The van der Waals surface area contributed by atoms with Crippen LogP contribution >= 0.6 is 0 Å². The molecule has 1 atom stereocenters. The number of rotatable bonds is 8. The number of aryl methyl sites for hydroxylation is 1. The molecule has 3 heteroatoms. The Hall–Kier alpha value is -0.900. The van der Waals surface area contributed by atoms with Crippen molar-refractivity contribution >= 4 is 0 Å². The van der Waals surface area contributed by atoms with E-state index in [0.29, 0.717) is 13.0 Å². The first kappa shape index (κ1) is 15.2. The molecule has 102 valence electrons. The number of hydrogen-bond donors (Lipinski definition) is 2. The van der Waals surface area contributed by atoms with Gasteiger partial charge < -0.3 is 15.1 Å². The van der Waals surface area contributed by atoms with Crippen LogP contribution in [-0.2, 0) is 6.42 Å². The molecular weight excluding hydrogens is 226 g/mol. The van der Waals surface area contributed by atoms with Gasteiger partial charge in [-0.25, -0.2) is 0 Å². The van der Waals surface area contributed by atoms with Crippen molar-refractivity contribution in [3.05, 3.63) is 35.4 Å². The van der Waals surface area contributed by atoms with Crippen LogP contribution in [0.15, 0.2) is 24.3 Å². The van der Waals surface area contributed by atoms with Gasteiger partial charge in [0.05, 0.1) is 12.7 Å². The zero-order valence-electron chi connectivity index (χ0n) is 11.5. The van der Waals surface area contributed by atoms with Gasteiger partial charge in [0, 0.05) is 13.1 Å². The van der Waals surface area contributed by atoms with Gasteiger partial charge in [-0.1, -0.05) is 38.1 Å². The second-order valence-electron chi connectivity index (χ2n) is 4.56. The lowest BCUT2D eigenvalue weighted by molar-refractivity contribution is 0.133. The van der Waals surface area contributed by atoms with Gasteiger partial charge in [-0.05, 0) is 30.5 Å². The smallest absolute Gasteiger partial charge is 0.0802 e. The van der Waals surface area contributed by atoms with Gasteiger partial charge in [-0.2, -0.15) is 0 Å². The number of nitrogens with zero attached hydrogens (tertiary/aromatic N) is 1. The maximum absolute atomic E-state index is 10.1. The van der Waals surface area contributed by atoms with E-state index in [9.17, 15) is 5.11 Å². The number of aliphatic hydroxyl groups is 2. The fourth-order valence-corrected chi connectivity index (χ4v) is 2.02. The zero-order chi connectivity index (χ0) is 13.4. The van der Waals surface area contributed by atoms with Crippen LogP contribution < -0.4 is 0 Å². The highest BCUT2D eigenvalue weighted by Crippen LogP contribution is 2.17. The Morgan fingerprint density at radius 2 is 1.78 bits per heavy atom. The molecule has 0 heterocycles. The van der Waals surface area contributed by atoms with E-state index < -0.39 is 6.10 Å². The second-order valence-corrected chi connectivity index (χ2v) is 4.56. The highest BCUT2D eigenvalue weighted by molar-refractivity contribution is 5.24. The average Bonchev–Trinajstić information content (AvgIpc) is 2.43. The van der Waals surface area contributed by atoms with Crippen molar-refractivity contribution in [3.8, 4) is 0 Å². The van der Waals surface area contributed by atoms with Gasteiger partial charge in [0.15, 0.2) is 0 Å². The average molecular weight is 251 g/mol. The lowest BCUT2D eigenvalue weighted by Crippen LogP contribution is -2.28. The van der Waals surface area contributed by atoms with Gasteiger partial charge in [0.25, 0.3) is 0 Å². The molecule has 0 aromatic heterocycles. The standard InChI is InChI=1S/C15H25NO2/c1-3-13-5-7-14(8-6-13)15(18)9-10-16(4-2)11-12-17/h5-8,15,17-18H,3-4,9-12H2,1-2H3. The minimum atomic E-state index is -0.413. The molecule has 1 unspecified atom stereocenters. The van der Waals surface area contributed by atoms with Crippen LogP contribution in [0.2, 0.25) is 0 Å². The Labute approximate surface area is 110 Å². The lowest BCUT2D eigenvalue weighted by atomic mass is 10.0. The maximum atomic E-state index is 10.1. The molecule has 18 heavy (non-hydrogen) atoms. The zero-order valence-corrected chi connectivity index (χ0v) is 11.5. The maximum Gasteiger partial charge on any atom is 0.0802 e. The topological polar surface area (TPSA) is 43.7 Å². The predicted molar refractivity (Wildman–Crippen MR) is 74.6 cm³/mol. The molecule has 0 aliphatic heterocycles. The van der Waals surface area contributed by atoms with E-state index in [1.807, 2.05) is 12.1 Å². The Morgan fingerprint density at radius 1 is 1.11 bits per heavy atom. The Bertz CT molecular complexity index is 324. The van der Waals surface area contributed by atoms with Crippen molar-refractivity contribution < 1.29 is 10.2 Å². The summed E-state index contributed by atoms with van der Waals surface area (Å²) in [5, 5.41) is 19.0. The van der Waals surface area contributed by atoms with E-state index in [1.165, 1.54) is 5.56 Å². The molecule has 0 spiro atoms. The molecule has 0 saturated carbocycles. The van der Waals surface area contributed by atoms with Crippen LogP contribution in [0.25, 0.3) is 0 Å². The van der Waals surface area contributed by atoms with E-state index in [4.69, 9.17) is 5.11 Å². The van der Waals surface area contributed by atoms with Crippen molar-refractivity contribution in [3.63, 3.8) is 0 Å². The van der Waals surface area contributed by atoms with Gasteiger partial charge in [-0.3, -0.25) is 0 Å². The van der Waals surface area contributed by atoms with Crippen LogP contribution in [-0.4, -0.2) is 41.4 Å². The van der Waals surface area contributed by atoms with Gasteiger partial charge in [-0.15, -0.1) is 0 Å². The molecule has 1 aromatic rings. The lowest BCUT2D eigenvalue weighted by Gasteiger charge is -2.21. The van der Waals surface area contributed by atoms with E-state index in [2.05, 4.69) is 30.9 Å². The summed E-state index contributed by atoms with van der Waals surface area (Å²) < 4.78 is 0. The van der Waals surface area contributed by atoms with Crippen molar-refractivity contribution in [2.45, 2.75) is 32.8 Å². The fraction of sp³-hybridized carbons (Fsp3) is 0.600. The van der Waals surface area contributed by atoms with E-state index in [1.54, 1.807) is 0 Å². The van der Waals surface area contributed by atoms with E-state index in [0.717, 1.165) is 25.1 Å². The summed E-state index contributed by atoms with van der Waals surface area (Å²) in [4.78, 5) is 2.14. The normalized spacial score (nSPS) is 12.9. The molecule has 0 saturated heterocycles. The van der Waals surface area contributed by atoms with Crippen LogP contribution in [0, 0.1) is 0 Å². The number of likely N-dealkylation sites (N-methyl/N-ethyl adjacent to an activating group) is 1.